The summed E-state index contributed by atoms with van der Waals surface area (Å²) in [6, 6.07) is 2.36. The smallest absolute Gasteiger partial charge is 0.410 e. The maximum absolute atomic E-state index is 12.8. The number of hydrogen-bond acceptors (Lipinski definition) is 10. The first-order chi connectivity index (χ1) is 24.3. The van der Waals surface area contributed by atoms with Crippen molar-refractivity contribution in [2.75, 3.05) is 78.2 Å². The van der Waals surface area contributed by atoms with Gasteiger partial charge in [-0.15, -0.1) is 11.3 Å². The second-order valence-electron chi connectivity index (χ2n) is 16.4. The molecule has 0 aromatic carbocycles. The first-order valence-corrected chi connectivity index (χ1v) is 20.1. The van der Waals surface area contributed by atoms with E-state index in [1.807, 2.05) is 37.0 Å². The molecule has 5 rings (SSSR count). The molecule has 0 atom stereocenters. The van der Waals surface area contributed by atoms with Gasteiger partial charge in [0, 0.05) is 50.1 Å². The highest BCUT2D eigenvalue weighted by Gasteiger charge is 2.30. The van der Waals surface area contributed by atoms with Crippen molar-refractivity contribution in [1.29, 1.82) is 0 Å². The van der Waals surface area contributed by atoms with Gasteiger partial charge >= 0.3 is 6.09 Å². The lowest BCUT2D eigenvalue weighted by molar-refractivity contribution is 0.0178. The topological polar surface area (TPSA) is 103 Å². The number of hydrogen-bond donors (Lipinski definition) is 1. The fraction of sp³-hybridized carbons (Fsp3) is 0.769. The Balaban J connectivity index is 1.34. The van der Waals surface area contributed by atoms with Crippen LogP contribution in [0.25, 0.3) is 21.3 Å². The fourth-order valence-electron chi connectivity index (χ4n) is 7.07. The van der Waals surface area contributed by atoms with Crippen molar-refractivity contribution in [2.24, 2.45) is 5.92 Å². The summed E-state index contributed by atoms with van der Waals surface area (Å²) in [5.41, 5.74) is 2.65. The number of likely N-dealkylation sites (tertiary alicyclic amines) is 2. The van der Waals surface area contributed by atoms with Gasteiger partial charge in [0.2, 0.25) is 0 Å². The molecule has 2 aliphatic rings. The number of unbranched alkanes of at least 4 members (excludes halogenated alkanes) is 1. The minimum atomic E-state index is -0.484. The molecule has 0 saturated carbocycles. The van der Waals surface area contributed by atoms with Crippen LogP contribution in [0.15, 0.2) is 6.07 Å². The van der Waals surface area contributed by atoms with Gasteiger partial charge in [-0.25, -0.2) is 14.8 Å². The maximum Gasteiger partial charge on any atom is 0.410 e. The molecule has 1 N–H and O–H groups in total. The van der Waals surface area contributed by atoms with Gasteiger partial charge in [0.1, 0.15) is 16.9 Å². The number of piperidine rings is 2. The Bertz CT molecular complexity index is 1540. The number of aryl methyl sites for hydroxylation is 1. The SMILES string of the molecule is CCCCc1nc2c(NC(C)(C)C)nc3cc(C4CCN(CCOCCOCCOC)CC4)sc3c2n1CC1CCN(C(=O)OC(C)(C)C)CC1. The van der Waals surface area contributed by atoms with Gasteiger partial charge in [0.25, 0.3) is 0 Å². The molecule has 0 spiro atoms. The van der Waals surface area contributed by atoms with Crippen LogP contribution in [0.4, 0.5) is 10.6 Å². The van der Waals surface area contributed by atoms with Crippen molar-refractivity contribution >= 4 is 44.5 Å². The molecule has 12 heteroatoms. The number of thiophene rings is 1. The Morgan fingerprint density at radius 2 is 1.63 bits per heavy atom. The van der Waals surface area contributed by atoms with Crippen LogP contribution in [0, 0.1) is 5.92 Å². The van der Waals surface area contributed by atoms with E-state index in [0.29, 0.717) is 38.3 Å². The lowest BCUT2D eigenvalue weighted by atomic mass is 9.95. The van der Waals surface area contributed by atoms with Gasteiger partial charge in [-0.1, -0.05) is 13.3 Å². The van der Waals surface area contributed by atoms with Crippen LogP contribution in [0.5, 0.6) is 0 Å². The van der Waals surface area contributed by atoms with E-state index in [9.17, 15) is 4.79 Å². The summed E-state index contributed by atoms with van der Waals surface area (Å²) in [7, 11) is 1.68. The monoisotopic (exact) mass is 728 g/mol. The number of aromatic nitrogens is 3. The molecule has 51 heavy (non-hydrogen) atoms. The summed E-state index contributed by atoms with van der Waals surface area (Å²) in [6.07, 6.45) is 7.15. The minimum absolute atomic E-state index is 0.151. The average molecular weight is 729 g/mol. The molecule has 5 heterocycles. The molecule has 3 aromatic heterocycles. The second-order valence-corrected chi connectivity index (χ2v) is 17.5. The molecular formula is C39H64N6O5S. The zero-order valence-corrected chi connectivity index (χ0v) is 33.5. The summed E-state index contributed by atoms with van der Waals surface area (Å²) in [5.74, 6) is 3.02. The van der Waals surface area contributed by atoms with Crippen molar-refractivity contribution < 1.29 is 23.7 Å². The third-order valence-corrected chi connectivity index (χ3v) is 11.0. The normalized spacial score (nSPS) is 17.2. The van der Waals surface area contributed by atoms with Crippen LogP contribution < -0.4 is 5.32 Å². The number of methoxy groups -OCH3 is 1. The number of imidazole rings is 1. The maximum atomic E-state index is 12.8. The molecule has 2 aliphatic heterocycles. The van der Waals surface area contributed by atoms with Crippen LogP contribution in [-0.2, 0) is 31.9 Å². The summed E-state index contributed by atoms with van der Waals surface area (Å²) in [6.45, 7) is 23.2. The predicted molar refractivity (Wildman–Crippen MR) is 207 cm³/mol. The van der Waals surface area contributed by atoms with E-state index in [1.54, 1.807) is 7.11 Å². The van der Waals surface area contributed by atoms with Crippen LogP contribution in [0.2, 0.25) is 0 Å². The van der Waals surface area contributed by atoms with Gasteiger partial charge in [-0.2, -0.15) is 0 Å². The number of anilines is 1. The van der Waals surface area contributed by atoms with Crippen LogP contribution >= 0.6 is 11.3 Å². The number of rotatable bonds is 16. The fourth-order valence-corrected chi connectivity index (χ4v) is 8.39. The van der Waals surface area contributed by atoms with Crippen LogP contribution in [-0.4, -0.2) is 114 Å². The van der Waals surface area contributed by atoms with E-state index in [-0.39, 0.29) is 11.6 Å². The highest BCUT2D eigenvalue weighted by atomic mass is 32.1. The number of nitrogens with one attached hydrogen (secondary N) is 1. The van der Waals surface area contributed by atoms with Crippen molar-refractivity contribution in [3.05, 3.63) is 16.8 Å². The first-order valence-electron chi connectivity index (χ1n) is 19.3. The number of nitrogens with zero attached hydrogens (tertiary/aromatic N) is 5. The summed E-state index contributed by atoms with van der Waals surface area (Å²) >= 11 is 1.93. The molecule has 0 unspecified atom stereocenters. The molecule has 0 bridgehead atoms. The Hall–Kier alpha value is -2.51. The van der Waals surface area contributed by atoms with Crippen LogP contribution in [0.3, 0.4) is 0 Å². The first kappa shape index (κ1) is 39.7. The third-order valence-electron chi connectivity index (χ3n) is 9.75. The number of amides is 1. The highest BCUT2D eigenvalue weighted by molar-refractivity contribution is 7.20. The number of carbonyl (C=O) groups excluding carboxylic acids is 1. The number of ether oxygens (including phenoxy) is 4. The largest absolute Gasteiger partial charge is 0.444 e. The van der Waals surface area contributed by atoms with Gasteiger partial charge < -0.3 is 38.6 Å². The van der Waals surface area contributed by atoms with Crippen molar-refractivity contribution in [3.63, 3.8) is 0 Å². The Morgan fingerprint density at radius 3 is 2.27 bits per heavy atom. The Kier molecular flexibility index (Phi) is 14.0. The standard InChI is InChI=1S/C39H64N6O5S/c1-9-10-11-32-41-33-34(45(32)27-28-12-18-44(19-13-28)37(46)50-39(5,6)7)35-30(40-36(33)42-38(2,3)4)26-31(51-35)29-14-16-43(17-15-29)20-21-48-24-25-49-23-22-47-8/h26,28-29H,9-25,27H2,1-8H3,(H,40,42). The zero-order chi connectivity index (χ0) is 36.6. The predicted octanol–water partition coefficient (Wildman–Crippen LogP) is 7.71. The molecule has 2 fully saturated rings. The molecule has 0 radical (unpaired) electrons. The van der Waals surface area contributed by atoms with E-state index in [0.717, 1.165) is 113 Å². The number of pyridine rings is 1. The average Bonchev–Trinajstić information content (AvgIpc) is 3.66. The van der Waals surface area contributed by atoms with E-state index in [1.165, 1.54) is 15.1 Å². The van der Waals surface area contributed by atoms with Gasteiger partial charge in [-0.05, 0) is 105 Å². The van der Waals surface area contributed by atoms with Crippen LogP contribution in [0.1, 0.15) is 104 Å². The molecule has 11 nitrogen and oxygen atoms in total. The lowest BCUT2D eigenvalue weighted by Crippen LogP contribution is -2.42. The van der Waals surface area contributed by atoms with Crippen molar-refractivity contribution in [3.8, 4) is 0 Å². The molecule has 1 amide bonds. The van der Waals surface area contributed by atoms with Gasteiger partial charge in [0.05, 0.1) is 48.8 Å². The summed E-state index contributed by atoms with van der Waals surface area (Å²) in [5, 5.41) is 3.72. The molecule has 0 aliphatic carbocycles. The summed E-state index contributed by atoms with van der Waals surface area (Å²) < 4.78 is 25.8. The zero-order valence-electron chi connectivity index (χ0n) is 32.6. The second kappa shape index (κ2) is 18.0. The van der Waals surface area contributed by atoms with E-state index in [2.05, 4.69) is 48.5 Å². The van der Waals surface area contributed by atoms with E-state index < -0.39 is 5.60 Å². The number of fused-ring (bicyclic) bond motifs is 3. The Morgan fingerprint density at radius 1 is 0.941 bits per heavy atom. The Labute approximate surface area is 309 Å². The third kappa shape index (κ3) is 11.2. The van der Waals surface area contributed by atoms with Gasteiger partial charge in [-0.3, -0.25) is 0 Å². The lowest BCUT2D eigenvalue weighted by Gasteiger charge is -2.33. The molecule has 2 saturated heterocycles. The minimum Gasteiger partial charge on any atom is -0.444 e. The van der Waals surface area contributed by atoms with E-state index >= 15 is 0 Å². The van der Waals surface area contributed by atoms with Gasteiger partial charge in [0.15, 0.2) is 5.82 Å². The molecule has 3 aromatic rings. The number of carbonyl (C=O) groups is 1. The quantitative estimate of drug-likeness (QED) is 0.149. The van der Waals surface area contributed by atoms with Crippen molar-refractivity contribution in [2.45, 2.75) is 117 Å². The van der Waals surface area contributed by atoms with Crippen molar-refractivity contribution in [1.82, 2.24) is 24.3 Å². The summed E-state index contributed by atoms with van der Waals surface area (Å²) in [4.78, 5) is 29.3. The molecule has 286 valence electrons. The molecular weight excluding hydrogens is 665 g/mol. The van der Waals surface area contributed by atoms with E-state index in [4.69, 9.17) is 28.9 Å². The highest BCUT2D eigenvalue weighted by Crippen LogP contribution is 2.41.